The van der Waals surface area contributed by atoms with E-state index in [0.29, 0.717) is 22.9 Å². The van der Waals surface area contributed by atoms with Gasteiger partial charge < -0.3 is 11.1 Å². The predicted molar refractivity (Wildman–Crippen MR) is 81.7 cm³/mol. The summed E-state index contributed by atoms with van der Waals surface area (Å²) in [5.41, 5.74) is 5.81. The molecule has 0 radical (unpaired) electrons. The fraction of sp³-hybridized carbons (Fsp3) is 0.769. The largest absolute Gasteiger partial charge is 0.382 e. The van der Waals surface area contributed by atoms with Gasteiger partial charge in [0.2, 0.25) is 0 Å². The third kappa shape index (κ3) is 2.30. The van der Waals surface area contributed by atoms with Crippen LogP contribution in [0.25, 0.3) is 0 Å². The van der Waals surface area contributed by atoms with Crippen molar-refractivity contribution in [2.75, 3.05) is 11.1 Å². The first-order valence-electron chi connectivity index (χ1n) is 7.17. The lowest BCUT2D eigenvalue weighted by molar-refractivity contribution is 0.435. The van der Waals surface area contributed by atoms with Crippen LogP contribution in [0.4, 0.5) is 10.8 Å². The van der Waals surface area contributed by atoms with E-state index in [9.17, 15) is 8.42 Å². The van der Waals surface area contributed by atoms with Crippen LogP contribution in [-0.4, -0.2) is 24.1 Å². The molecule has 2 saturated carbocycles. The monoisotopic (exact) mass is 315 g/mol. The van der Waals surface area contributed by atoms with Crippen molar-refractivity contribution in [1.82, 2.24) is 4.37 Å². The Balaban J connectivity index is 1.88. The van der Waals surface area contributed by atoms with Crippen molar-refractivity contribution in [2.24, 2.45) is 11.8 Å². The number of hydrogen-bond donors (Lipinski definition) is 2. The summed E-state index contributed by atoms with van der Waals surface area (Å²) >= 11 is 1.17. The van der Waals surface area contributed by atoms with Crippen molar-refractivity contribution in [3.63, 3.8) is 0 Å². The van der Waals surface area contributed by atoms with Gasteiger partial charge in [0, 0.05) is 6.04 Å². The highest BCUT2D eigenvalue weighted by molar-refractivity contribution is 7.92. The molecule has 3 unspecified atom stereocenters. The second-order valence-electron chi connectivity index (χ2n) is 6.14. The maximum Gasteiger partial charge on any atom is 0.187 e. The summed E-state index contributed by atoms with van der Waals surface area (Å²) in [6.07, 6.45) is 3.74. The molecule has 0 bridgehead atoms. The molecule has 112 valence electrons. The fourth-order valence-corrected chi connectivity index (χ4v) is 5.88. The van der Waals surface area contributed by atoms with Gasteiger partial charge in [-0.3, -0.25) is 0 Å². The molecule has 2 aliphatic rings. The highest BCUT2D eigenvalue weighted by Gasteiger charge is 2.41. The highest BCUT2D eigenvalue weighted by Crippen LogP contribution is 2.42. The number of nitrogens with zero attached hydrogens (tertiary/aromatic N) is 1. The first-order chi connectivity index (χ1) is 9.41. The molecule has 5 nitrogen and oxygen atoms in total. The molecule has 1 aromatic heterocycles. The summed E-state index contributed by atoms with van der Waals surface area (Å²) in [5.74, 6) is 1.36. The number of anilines is 2. The van der Waals surface area contributed by atoms with Crippen LogP contribution in [0.3, 0.4) is 0 Å². The zero-order valence-corrected chi connectivity index (χ0v) is 13.4. The van der Waals surface area contributed by atoms with Crippen molar-refractivity contribution in [1.29, 1.82) is 0 Å². The molecule has 2 fully saturated rings. The predicted octanol–water partition coefficient (Wildman–Crippen LogP) is 2.51. The molecule has 0 aromatic carbocycles. The van der Waals surface area contributed by atoms with Crippen LogP contribution in [0, 0.1) is 11.8 Å². The SMILES string of the molecule is CC1CCC(Nc2snc(N)c2S(=O)(=O)C2CC2)C1C. The summed E-state index contributed by atoms with van der Waals surface area (Å²) in [4.78, 5) is 0.247. The van der Waals surface area contributed by atoms with E-state index in [2.05, 4.69) is 23.5 Å². The zero-order chi connectivity index (χ0) is 14.5. The van der Waals surface area contributed by atoms with E-state index in [1.807, 2.05) is 0 Å². The molecule has 3 N–H and O–H groups in total. The topological polar surface area (TPSA) is 85.1 Å². The normalized spacial score (nSPS) is 30.6. The number of aromatic nitrogens is 1. The van der Waals surface area contributed by atoms with Gasteiger partial charge in [-0.1, -0.05) is 13.8 Å². The molecule has 3 rings (SSSR count). The van der Waals surface area contributed by atoms with Crippen molar-refractivity contribution < 1.29 is 8.42 Å². The molecule has 0 saturated heterocycles. The van der Waals surface area contributed by atoms with Crippen molar-refractivity contribution in [3.8, 4) is 0 Å². The molecule has 0 amide bonds. The average molecular weight is 315 g/mol. The number of sulfone groups is 1. The minimum atomic E-state index is -3.30. The molecule has 7 heteroatoms. The van der Waals surface area contributed by atoms with Crippen molar-refractivity contribution in [2.45, 2.75) is 55.7 Å². The lowest BCUT2D eigenvalue weighted by atomic mass is 9.98. The summed E-state index contributed by atoms with van der Waals surface area (Å²) in [6.45, 7) is 4.46. The van der Waals surface area contributed by atoms with Crippen LogP contribution in [0.2, 0.25) is 0 Å². The Morgan fingerprint density at radius 3 is 2.50 bits per heavy atom. The van der Waals surface area contributed by atoms with Crippen molar-refractivity contribution in [3.05, 3.63) is 0 Å². The number of nitrogens with one attached hydrogen (secondary N) is 1. The maximum atomic E-state index is 12.5. The van der Waals surface area contributed by atoms with Gasteiger partial charge in [0.15, 0.2) is 15.7 Å². The lowest BCUT2D eigenvalue weighted by Gasteiger charge is -2.20. The Morgan fingerprint density at radius 1 is 1.25 bits per heavy atom. The van der Waals surface area contributed by atoms with Gasteiger partial charge in [-0.25, -0.2) is 8.42 Å². The van der Waals surface area contributed by atoms with Gasteiger partial charge in [-0.15, -0.1) is 0 Å². The average Bonchev–Trinajstić information content (AvgIpc) is 3.13. The Kier molecular flexibility index (Phi) is 3.44. The number of nitrogens with two attached hydrogens (primary N) is 1. The van der Waals surface area contributed by atoms with Gasteiger partial charge in [0.05, 0.1) is 5.25 Å². The second-order valence-corrected chi connectivity index (χ2v) is 9.07. The van der Waals surface area contributed by atoms with E-state index in [0.717, 1.165) is 19.3 Å². The van der Waals surface area contributed by atoms with E-state index in [4.69, 9.17) is 5.73 Å². The van der Waals surface area contributed by atoms with E-state index >= 15 is 0 Å². The molecular formula is C13H21N3O2S2. The van der Waals surface area contributed by atoms with Gasteiger partial charge in [0.25, 0.3) is 0 Å². The van der Waals surface area contributed by atoms with Crippen LogP contribution >= 0.6 is 11.5 Å². The van der Waals surface area contributed by atoms with Gasteiger partial charge >= 0.3 is 0 Å². The fourth-order valence-electron chi connectivity index (χ4n) is 2.94. The van der Waals surface area contributed by atoms with Crippen LogP contribution in [0.15, 0.2) is 4.90 Å². The van der Waals surface area contributed by atoms with Crippen molar-refractivity contribution >= 4 is 32.2 Å². The molecule has 1 aromatic rings. The zero-order valence-electron chi connectivity index (χ0n) is 11.8. The lowest BCUT2D eigenvalue weighted by Crippen LogP contribution is -2.24. The van der Waals surface area contributed by atoms with Gasteiger partial charge in [-0.2, -0.15) is 4.37 Å². The first-order valence-corrected chi connectivity index (χ1v) is 9.48. The Hall–Kier alpha value is -0.820. The number of nitrogen functional groups attached to an aromatic ring is 1. The Bertz CT molecular complexity index is 607. The van der Waals surface area contributed by atoms with E-state index in [1.54, 1.807) is 0 Å². The molecule has 0 spiro atoms. The van der Waals surface area contributed by atoms with E-state index in [-0.39, 0.29) is 16.0 Å². The maximum absolute atomic E-state index is 12.5. The summed E-state index contributed by atoms with van der Waals surface area (Å²) in [6, 6.07) is 0.318. The van der Waals surface area contributed by atoms with Crippen LogP contribution < -0.4 is 11.1 Å². The molecule has 20 heavy (non-hydrogen) atoms. The molecule has 3 atom stereocenters. The summed E-state index contributed by atoms with van der Waals surface area (Å²) in [5, 5.41) is 3.79. The Morgan fingerprint density at radius 2 is 1.95 bits per heavy atom. The van der Waals surface area contributed by atoms with Gasteiger partial charge in [-0.05, 0) is 49.1 Å². The van der Waals surface area contributed by atoms with E-state index in [1.165, 1.54) is 18.0 Å². The van der Waals surface area contributed by atoms with Crippen LogP contribution in [0.5, 0.6) is 0 Å². The second kappa shape index (κ2) is 4.87. The van der Waals surface area contributed by atoms with E-state index < -0.39 is 9.84 Å². The van der Waals surface area contributed by atoms with Crippen LogP contribution in [-0.2, 0) is 9.84 Å². The molecular weight excluding hydrogens is 294 g/mol. The number of hydrogen-bond acceptors (Lipinski definition) is 6. The minimum Gasteiger partial charge on any atom is -0.382 e. The summed E-state index contributed by atoms with van der Waals surface area (Å²) in [7, 11) is -3.30. The molecule has 2 aliphatic carbocycles. The minimum absolute atomic E-state index is 0.156. The Labute approximate surface area is 124 Å². The smallest absolute Gasteiger partial charge is 0.187 e. The van der Waals surface area contributed by atoms with Gasteiger partial charge in [0.1, 0.15) is 9.90 Å². The standard InChI is InChI=1S/C13H21N3O2S2/c1-7-3-6-10(8(7)2)15-13-11(12(14)16-19-13)20(17,18)9-4-5-9/h7-10,15H,3-6H2,1-2H3,(H2,14,16). The molecule has 1 heterocycles. The highest BCUT2D eigenvalue weighted by atomic mass is 32.2. The quantitative estimate of drug-likeness (QED) is 0.891. The third-order valence-corrected chi connectivity index (χ3v) is 7.96. The first kappa shape index (κ1) is 14.1. The number of rotatable bonds is 4. The van der Waals surface area contributed by atoms with Crippen LogP contribution in [0.1, 0.15) is 39.5 Å². The third-order valence-electron chi connectivity index (χ3n) is 4.70. The summed E-state index contributed by atoms with van der Waals surface area (Å²) < 4.78 is 29.0. The molecule has 0 aliphatic heterocycles.